The van der Waals surface area contributed by atoms with Crippen LogP contribution < -0.4 is 11.1 Å². The molecule has 2 amide bonds. The monoisotopic (exact) mass is 296 g/mol. The van der Waals surface area contributed by atoms with Crippen LogP contribution in [0.25, 0.3) is 0 Å². The fraction of sp³-hybridized carbons (Fsp3) is 0.900. The van der Waals surface area contributed by atoms with E-state index in [1.165, 1.54) is 0 Å². The van der Waals surface area contributed by atoms with E-state index in [1.807, 2.05) is 0 Å². The Kier molecular flexibility index (Phi) is 9.74. The van der Waals surface area contributed by atoms with Gasteiger partial charge >= 0.3 is 14.8 Å². The summed E-state index contributed by atoms with van der Waals surface area (Å²) in [5, 5.41) is 11.7. The average Bonchev–Trinajstić information content (AvgIpc) is 2.41. The summed E-state index contributed by atoms with van der Waals surface area (Å²) in [4.78, 5) is 10.4. The number of aliphatic hydroxyl groups is 1. The molecule has 0 radical (unpaired) electrons. The molecular formula is C10H24N2O6Si. The molecule has 0 saturated carbocycles. The molecule has 0 bridgehead atoms. The van der Waals surface area contributed by atoms with E-state index in [0.717, 1.165) is 0 Å². The predicted molar refractivity (Wildman–Crippen MR) is 70.6 cm³/mol. The van der Waals surface area contributed by atoms with E-state index >= 15 is 0 Å². The lowest BCUT2D eigenvalue weighted by molar-refractivity contribution is 0.0365. The van der Waals surface area contributed by atoms with Crippen LogP contribution in [0.15, 0.2) is 0 Å². The highest BCUT2D eigenvalue weighted by atomic mass is 28.4. The van der Waals surface area contributed by atoms with Gasteiger partial charge in [-0.05, 0) is 6.42 Å². The summed E-state index contributed by atoms with van der Waals surface area (Å²) >= 11 is 0. The molecule has 0 heterocycles. The van der Waals surface area contributed by atoms with Crippen molar-refractivity contribution in [1.82, 2.24) is 5.32 Å². The van der Waals surface area contributed by atoms with E-state index in [4.69, 9.17) is 23.7 Å². The van der Waals surface area contributed by atoms with E-state index in [1.54, 1.807) is 21.3 Å². The van der Waals surface area contributed by atoms with Crippen LogP contribution in [0.4, 0.5) is 4.79 Å². The summed E-state index contributed by atoms with van der Waals surface area (Å²) in [6.45, 7) is 0.641. The van der Waals surface area contributed by atoms with Crippen LogP contribution in [0.2, 0.25) is 6.04 Å². The van der Waals surface area contributed by atoms with Gasteiger partial charge in [0.05, 0.1) is 12.7 Å². The number of nitrogens with two attached hydrogens (primary N) is 1. The number of carbonyl (C=O) groups is 1. The van der Waals surface area contributed by atoms with Gasteiger partial charge in [0.25, 0.3) is 0 Å². The highest BCUT2D eigenvalue weighted by Crippen LogP contribution is 2.14. The van der Waals surface area contributed by atoms with Gasteiger partial charge in [0.1, 0.15) is 0 Å². The third kappa shape index (κ3) is 8.13. The number of nitrogens with one attached hydrogen (secondary N) is 1. The summed E-state index contributed by atoms with van der Waals surface area (Å²) in [5.74, 6) is 0. The van der Waals surface area contributed by atoms with Crippen LogP contribution in [0.1, 0.15) is 6.42 Å². The number of amides is 2. The number of urea groups is 1. The van der Waals surface area contributed by atoms with Crippen LogP contribution in [0.5, 0.6) is 0 Å². The maximum absolute atomic E-state index is 10.4. The average molecular weight is 296 g/mol. The standard InChI is InChI=1S/C10H24N2O6Si/c1-15-19(16-2,17-3)6-4-5-18-8-9(13)7-12-10(11)14/h9,13H,4-8H2,1-3H3,(H3,11,12,14). The van der Waals surface area contributed by atoms with E-state index in [0.29, 0.717) is 19.1 Å². The Morgan fingerprint density at radius 1 is 1.32 bits per heavy atom. The van der Waals surface area contributed by atoms with Gasteiger partial charge in [-0.1, -0.05) is 0 Å². The SMILES string of the molecule is CO[Si](CCCOCC(O)CNC(N)=O)(OC)OC. The quantitative estimate of drug-likeness (QED) is 0.343. The zero-order valence-corrected chi connectivity index (χ0v) is 12.7. The summed E-state index contributed by atoms with van der Waals surface area (Å²) in [6, 6.07) is -0.0401. The predicted octanol–water partition coefficient (Wildman–Crippen LogP) is -0.700. The maximum Gasteiger partial charge on any atom is 0.500 e. The molecule has 9 heteroatoms. The summed E-state index contributed by atoms with van der Waals surface area (Å²) in [6.07, 6.45) is -0.0840. The number of carbonyl (C=O) groups excluding carboxylic acids is 1. The van der Waals surface area contributed by atoms with Gasteiger partial charge in [0.15, 0.2) is 0 Å². The molecule has 1 unspecified atom stereocenters. The van der Waals surface area contributed by atoms with Crippen molar-refractivity contribution >= 4 is 14.8 Å². The van der Waals surface area contributed by atoms with Crippen LogP contribution in [-0.4, -0.2) is 67.1 Å². The first-order valence-electron chi connectivity index (χ1n) is 5.94. The second-order valence-electron chi connectivity index (χ2n) is 3.87. The van der Waals surface area contributed by atoms with Gasteiger partial charge in [0.2, 0.25) is 0 Å². The molecule has 0 aliphatic heterocycles. The number of ether oxygens (including phenoxy) is 1. The number of primary amides is 1. The fourth-order valence-electron chi connectivity index (χ4n) is 1.44. The molecule has 0 spiro atoms. The smallest absolute Gasteiger partial charge is 0.389 e. The minimum absolute atomic E-state index is 0.0717. The topological polar surface area (TPSA) is 112 Å². The fourth-order valence-corrected chi connectivity index (χ4v) is 3.13. The van der Waals surface area contributed by atoms with Crippen molar-refractivity contribution in [3.8, 4) is 0 Å². The molecule has 8 nitrogen and oxygen atoms in total. The lowest BCUT2D eigenvalue weighted by Crippen LogP contribution is -2.42. The van der Waals surface area contributed by atoms with E-state index in [2.05, 4.69) is 5.32 Å². The van der Waals surface area contributed by atoms with Gasteiger partial charge < -0.3 is 34.2 Å². The third-order valence-electron chi connectivity index (χ3n) is 2.53. The van der Waals surface area contributed by atoms with Gasteiger partial charge in [-0.25, -0.2) is 4.79 Å². The van der Waals surface area contributed by atoms with Crippen molar-refractivity contribution in [2.45, 2.75) is 18.6 Å². The molecule has 0 aliphatic carbocycles. The molecule has 19 heavy (non-hydrogen) atoms. The van der Waals surface area contributed by atoms with Crippen molar-refractivity contribution in [2.24, 2.45) is 5.73 Å². The minimum atomic E-state index is -2.54. The van der Waals surface area contributed by atoms with Crippen LogP contribution in [-0.2, 0) is 18.0 Å². The molecule has 114 valence electrons. The lowest BCUT2D eigenvalue weighted by Gasteiger charge is -2.24. The molecule has 4 N–H and O–H groups in total. The number of rotatable bonds is 11. The minimum Gasteiger partial charge on any atom is -0.389 e. The Balaban J connectivity index is 3.66. The molecule has 0 fully saturated rings. The Labute approximate surface area is 114 Å². The second kappa shape index (κ2) is 10.1. The first kappa shape index (κ1) is 18.3. The van der Waals surface area contributed by atoms with Crippen LogP contribution >= 0.6 is 0 Å². The molecule has 0 saturated heterocycles. The van der Waals surface area contributed by atoms with Gasteiger partial charge in [-0.3, -0.25) is 0 Å². The Morgan fingerprint density at radius 3 is 2.37 bits per heavy atom. The normalized spacial score (nSPS) is 13.3. The van der Waals surface area contributed by atoms with Crippen molar-refractivity contribution < 1.29 is 27.9 Å². The number of hydrogen-bond acceptors (Lipinski definition) is 6. The van der Waals surface area contributed by atoms with Gasteiger partial charge in [-0.2, -0.15) is 0 Å². The van der Waals surface area contributed by atoms with Crippen molar-refractivity contribution in [3.63, 3.8) is 0 Å². The Bertz CT molecular complexity index is 244. The maximum atomic E-state index is 10.4. The second-order valence-corrected chi connectivity index (χ2v) is 6.96. The summed E-state index contributed by atoms with van der Waals surface area (Å²) in [7, 11) is 2.12. The van der Waals surface area contributed by atoms with Gasteiger partial charge in [-0.15, -0.1) is 0 Å². The third-order valence-corrected chi connectivity index (χ3v) is 5.36. The van der Waals surface area contributed by atoms with Crippen LogP contribution in [0, 0.1) is 0 Å². The van der Waals surface area contributed by atoms with Crippen molar-refractivity contribution in [2.75, 3.05) is 41.1 Å². The van der Waals surface area contributed by atoms with E-state index in [9.17, 15) is 9.90 Å². The van der Waals surface area contributed by atoms with E-state index in [-0.39, 0.29) is 13.2 Å². The summed E-state index contributed by atoms with van der Waals surface area (Å²) in [5.41, 5.74) is 4.87. The molecular weight excluding hydrogens is 272 g/mol. The first-order chi connectivity index (χ1) is 8.99. The van der Waals surface area contributed by atoms with Crippen molar-refractivity contribution in [1.29, 1.82) is 0 Å². The Hall–Kier alpha value is -0.713. The highest BCUT2D eigenvalue weighted by Gasteiger charge is 2.36. The molecule has 0 aromatic carbocycles. The zero-order valence-electron chi connectivity index (χ0n) is 11.7. The first-order valence-corrected chi connectivity index (χ1v) is 7.87. The van der Waals surface area contributed by atoms with Crippen molar-refractivity contribution in [3.05, 3.63) is 0 Å². The molecule has 0 aromatic heterocycles. The molecule has 1 atom stereocenters. The number of aliphatic hydroxyl groups excluding tert-OH is 1. The zero-order chi connectivity index (χ0) is 14.7. The Morgan fingerprint density at radius 2 is 1.89 bits per heavy atom. The van der Waals surface area contributed by atoms with Gasteiger partial charge in [0, 0.05) is 40.5 Å². The van der Waals surface area contributed by atoms with E-state index < -0.39 is 20.9 Å². The number of hydrogen-bond donors (Lipinski definition) is 3. The van der Waals surface area contributed by atoms with Crippen LogP contribution in [0.3, 0.4) is 0 Å². The highest BCUT2D eigenvalue weighted by molar-refractivity contribution is 6.60. The largest absolute Gasteiger partial charge is 0.500 e. The lowest BCUT2D eigenvalue weighted by atomic mass is 10.4. The molecule has 0 aromatic rings. The molecule has 0 aliphatic rings. The molecule has 0 rings (SSSR count). The summed E-state index contributed by atoms with van der Waals surface area (Å²) < 4.78 is 21.0.